The quantitative estimate of drug-likeness (QED) is 0.597. The highest BCUT2D eigenvalue weighted by atomic mass is 16.6. The maximum atomic E-state index is 7.00. The van der Waals surface area contributed by atoms with Gasteiger partial charge in [0, 0.05) is 37.2 Å². The highest BCUT2D eigenvalue weighted by molar-refractivity contribution is 5.65. The smallest absolute Gasteiger partial charge is 0.318 e. The maximum Gasteiger partial charge on any atom is 0.318 e. The van der Waals surface area contributed by atoms with E-state index in [-0.39, 0.29) is 22.9 Å². The van der Waals surface area contributed by atoms with Crippen molar-refractivity contribution >= 4 is 6.01 Å². The normalized spacial score (nSPS) is 39.8. The van der Waals surface area contributed by atoms with Gasteiger partial charge >= 0.3 is 6.01 Å². The SMILES string of the molecule is COc1ccc2c3c1O[C@H]1[C@@]4(OC)C=C[C@@]5(C[C@@H]4c4nnc(N6CCOCC6)o4)[C@@H](C2)N(C)CC[C@]315. The van der Waals surface area contributed by atoms with Crippen LogP contribution in [0.4, 0.5) is 6.01 Å². The lowest BCUT2D eigenvalue weighted by Gasteiger charge is -2.70. The lowest BCUT2D eigenvalue weighted by atomic mass is 9.37. The summed E-state index contributed by atoms with van der Waals surface area (Å²) in [6.45, 7) is 3.88. The minimum absolute atomic E-state index is 0.108. The maximum absolute atomic E-state index is 7.00. The standard InChI is InChI=1S/C27H32N4O5/c1-30-9-8-26-20-16-4-5-18(32-2)21(20)35-23(26)27(33-3)7-6-25(26,19(30)14-16)15-17(27)22-28-29-24(36-22)31-10-12-34-13-11-31/h4-7,17,19,23H,8-15H2,1-3H3/t17-,19-,23-,25-,26+,27-/m1/s1. The Balaban J connectivity index is 1.32. The molecule has 36 heavy (non-hydrogen) atoms. The average Bonchev–Trinajstić information content (AvgIpc) is 3.55. The summed E-state index contributed by atoms with van der Waals surface area (Å²) in [7, 11) is 5.79. The molecular formula is C27H32N4O5. The second kappa shape index (κ2) is 7.02. The Morgan fingerprint density at radius 1 is 1.08 bits per heavy atom. The molecule has 9 nitrogen and oxygen atoms in total. The van der Waals surface area contributed by atoms with Crippen molar-refractivity contribution in [2.24, 2.45) is 5.41 Å². The zero-order chi connectivity index (χ0) is 24.3. The summed E-state index contributed by atoms with van der Waals surface area (Å²) in [6.07, 6.45) is 7.41. The molecule has 2 spiro atoms. The molecule has 2 saturated heterocycles. The highest BCUT2D eigenvalue weighted by Gasteiger charge is 2.79. The monoisotopic (exact) mass is 492 g/mol. The molecule has 9 rings (SSSR count). The third-order valence-electron chi connectivity index (χ3n) is 10.3. The number of morpholine rings is 1. The Morgan fingerprint density at radius 3 is 2.75 bits per heavy atom. The van der Waals surface area contributed by atoms with Crippen molar-refractivity contribution in [2.75, 3.05) is 59.0 Å². The number of ether oxygens (including phenoxy) is 4. The number of likely N-dealkylation sites (N-methyl/N-ethyl adjacent to an activating group) is 1. The Bertz CT molecular complexity index is 1270. The van der Waals surface area contributed by atoms with Gasteiger partial charge in [-0.1, -0.05) is 23.3 Å². The van der Waals surface area contributed by atoms with Crippen LogP contribution in [-0.2, 0) is 21.3 Å². The van der Waals surface area contributed by atoms with E-state index in [1.54, 1.807) is 14.2 Å². The van der Waals surface area contributed by atoms with Crippen LogP contribution >= 0.6 is 0 Å². The number of likely N-dealkylation sites (tertiary alicyclic amines) is 1. The van der Waals surface area contributed by atoms with Crippen LogP contribution < -0.4 is 14.4 Å². The van der Waals surface area contributed by atoms with Gasteiger partial charge in [0.05, 0.1) is 31.7 Å². The fourth-order valence-electron chi connectivity index (χ4n) is 8.73. The minimum atomic E-state index is -0.713. The van der Waals surface area contributed by atoms with E-state index in [9.17, 15) is 0 Å². The van der Waals surface area contributed by atoms with Crippen molar-refractivity contribution < 1.29 is 23.4 Å². The van der Waals surface area contributed by atoms with Crippen molar-refractivity contribution in [2.45, 2.75) is 48.3 Å². The molecule has 4 bridgehead atoms. The summed E-state index contributed by atoms with van der Waals surface area (Å²) >= 11 is 0. The molecule has 0 radical (unpaired) electrons. The van der Waals surface area contributed by atoms with Crippen molar-refractivity contribution in [3.63, 3.8) is 0 Å². The van der Waals surface area contributed by atoms with Gasteiger partial charge in [-0.05, 0) is 44.5 Å². The van der Waals surface area contributed by atoms with Crippen LogP contribution in [0.5, 0.6) is 11.5 Å². The topological polar surface area (TPSA) is 82.3 Å². The number of nitrogens with zero attached hydrogens (tertiary/aromatic N) is 4. The molecule has 1 aromatic heterocycles. The average molecular weight is 493 g/mol. The van der Waals surface area contributed by atoms with Crippen LogP contribution in [0.25, 0.3) is 0 Å². The van der Waals surface area contributed by atoms with Gasteiger partial charge < -0.3 is 33.2 Å². The van der Waals surface area contributed by atoms with Gasteiger partial charge in [0.15, 0.2) is 11.5 Å². The van der Waals surface area contributed by atoms with Gasteiger partial charge in [0.25, 0.3) is 0 Å². The van der Waals surface area contributed by atoms with E-state index >= 15 is 0 Å². The lowest BCUT2D eigenvalue weighted by molar-refractivity contribution is -0.200. The van der Waals surface area contributed by atoms with Crippen LogP contribution in [0.3, 0.4) is 0 Å². The van der Waals surface area contributed by atoms with E-state index < -0.39 is 5.60 Å². The fraction of sp³-hybridized carbons (Fsp3) is 0.630. The number of anilines is 1. The molecule has 0 N–H and O–H groups in total. The number of fused-ring (bicyclic) bond motifs is 1. The van der Waals surface area contributed by atoms with E-state index in [0.29, 0.717) is 31.2 Å². The van der Waals surface area contributed by atoms with Gasteiger partial charge in [0.1, 0.15) is 11.7 Å². The molecule has 0 amide bonds. The fourth-order valence-corrected chi connectivity index (χ4v) is 8.73. The molecule has 9 heteroatoms. The van der Waals surface area contributed by atoms with E-state index in [0.717, 1.165) is 50.4 Å². The molecule has 3 aliphatic heterocycles. The van der Waals surface area contributed by atoms with Crippen molar-refractivity contribution in [1.29, 1.82) is 0 Å². The molecule has 2 aromatic rings. The summed E-state index contributed by atoms with van der Waals surface area (Å²) in [5.74, 6) is 2.23. The third-order valence-corrected chi connectivity index (χ3v) is 10.3. The Morgan fingerprint density at radius 2 is 1.94 bits per heavy atom. The summed E-state index contributed by atoms with van der Waals surface area (Å²) < 4.78 is 31.2. The zero-order valence-electron chi connectivity index (χ0n) is 21.0. The first kappa shape index (κ1) is 21.5. The first-order chi connectivity index (χ1) is 17.6. The van der Waals surface area contributed by atoms with Gasteiger partial charge in [-0.25, -0.2) is 0 Å². The van der Waals surface area contributed by atoms with Gasteiger partial charge in [0.2, 0.25) is 5.89 Å². The first-order valence-corrected chi connectivity index (χ1v) is 13.1. The molecule has 6 atom stereocenters. The number of aromatic nitrogens is 2. The highest BCUT2D eigenvalue weighted by Crippen LogP contribution is 2.75. The lowest BCUT2D eigenvalue weighted by Crippen LogP contribution is -2.78. The number of hydrogen-bond donors (Lipinski definition) is 0. The predicted octanol–water partition coefficient (Wildman–Crippen LogP) is 2.30. The van der Waals surface area contributed by atoms with Gasteiger partial charge in [-0.3, -0.25) is 0 Å². The van der Waals surface area contributed by atoms with Crippen molar-refractivity contribution in [3.8, 4) is 11.5 Å². The predicted molar refractivity (Wildman–Crippen MR) is 130 cm³/mol. The summed E-state index contributed by atoms with van der Waals surface area (Å²) in [5.41, 5.74) is 1.73. The number of hydrogen-bond acceptors (Lipinski definition) is 9. The molecule has 0 unspecified atom stereocenters. The number of piperidine rings is 1. The molecule has 4 heterocycles. The van der Waals surface area contributed by atoms with Gasteiger partial charge in [-0.2, -0.15) is 0 Å². The van der Waals surface area contributed by atoms with Crippen LogP contribution in [-0.4, -0.2) is 87.0 Å². The van der Waals surface area contributed by atoms with E-state index in [4.69, 9.17) is 23.4 Å². The molecule has 7 aliphatic rings. The van der Waals surface area contributed by atoms with E-state index in [2.05, 4.69) is 51.3 Å². The van der Waals surface area contributed by atoms with E-state index in [1.165, 1.54) is 11.1 Å². The Kier molecular flexibility index (Phi) is 4.19. The third kappa shape index (κ3) is 2.25. The Labute approximate surface area is 210 Å². The number of rotatable bonds is 4. The molecule has 190 valence electrons. The molecular weight excluding hydrogens is 460 g/mol. The second-order valence-electron chi connectivity index (χ2n) is 11.3. The molecule has 4 aliphatic carbocycles. The summed E-state index contributed by atoms with van der Waals surface area (Å²) in [5, 5.41) is 9.07. The molecule has 1 saturated carbocycles. The first-order valence-electron chi connectivity index (χ1n) is 13.1. The zero-order valence-corrected chi connectivity index (χ0v) is 21.0. The molecule has 3 fully saturated rings. The van der Waals surface area contributed by atoms with Crippen molar-refractivity contribution in [1.82, 2.24) is 15.1 Å². The van der Waals surface area contributed by atoms with Crippen molar-refractivity contribution in [3.05, 3.63) is 41.3 Å². The minimum Gasteiger partial charge on any atom is -0.493 e. The molecule has 1 aromatic carbocycles. The number of methoxy groups -OCH3 is 2. The second-order valence-corrected chi connectivity index (χ2v) is 11.3. The van der Waals surface area contributed by atoms with E-state index in [1.807, 2.05) is 0 Å². The van der Waals surface area contributed by atoms with Crippen LogP contribution in [0.1, 0.15) is 35.8 Å². The van der Waals surface area contributed by atoms with Crippen LogP contribution in [0, 0.1) is 5.41 Å². The van der Waals surface area contributed by atoms with Crippen LogP contribution in [0.15, 0.2) is 28.7 Å². The summed E-state index contributed by atoms with van der Waals surface area (Å²) in [6, 6.07) is 5.24. The van der Waals surface area contributed by atoms with Crippen LogP contribution in [0.2, 0.25) is 0 Å². The Hall–Kier alpha value is -2.62. The number of benzene rings is 1. The van der Waals surface area contributed by atoms with Gasteiger partial charge in [-0.15, -0.1) is 5.10 Å². The summed E-state index contributed by atoms with van der Waals surface area (Å²) in [4.78, 5) is 4.66. The largest absolute Gasteiger partial charge is 0.493 e.